The van der Waals surface area contributed by atoms with E-state index in [1.165, 1.54) is 12.3 Å². The molecule has 0 atom stereocenters. The first-order chi connectivity index (χ1) is 8.61. The van der Waals surface area contributed by atoms with Crippen molar-refractivity contribution in [3.05, 3.63) is 51.1 Å². The first-order valence-corrected chi connectivity index (χ1v) is 5.85. The minimum absolute atomic E-state index is 0.0477. The third kappa shape index (κ3) is 2.48. The normalized spacial score (nSPS) is 10.1. The maximum Gasteiger partial charge on any atom is 0.288 e. The van der Waals surface area contributed by atoms with Crippen LogP contribution in [0.2, 0.25) is 0 Å². The van der Waals surface area contributed by atoms with Gasteiger partial charge in [-0.1, -0.05) is 12.1 Å². The number of nitro groups is 1. The third-order valence-electron chi connectivity index (χ3n) is 2.38. The molecule has 0 radical (unpaired) electrons. The molecule has 0 aliphatic heterocycles. The second-order valence-corrected chi connectivity index (χ2v) is 4.37. The van der Waals surface area contributed by atoms with E-state index in [2.05, 4.69) is 20.9 Å². The smallest absolute Gasteiger partial charge is 0.288 e. The molecule has 5 nitrogen and oxygen atoms in total. The molecule has 1 heterocycles. The summed E-state index contributed by atoms with van der Waals surface area (Å²) in [6.07, 6.45) is 1.24. The van der Waals surface area contributed by atoms with E-state index >= 15 is 0 Å². The van der Waals surface area contributed by atoms with Gasteiger partial charge in [0.25, 0.3) is 5.69 Å². The molecule has 0 unspecified atom stereocenters. The monoisotopic (exact) mass is 308 g/mol. The summed E-state index contributed by atoms with van der Waals surface area (Å²) in [5.41, 5.74) is 1.42. The highest BCUT2D eigenvalue weighted by Crippen LogP contribution is 2.30. The van der Waals surface area contributed by atoms with Crippen molar-refractivity contribution in [3.8, 4) is 17.0 Å². The van der Waals surface area contributed by atoms with Gasteiger partial charge in [-0.05, 0) is 28.1 Å². The van der Waals surface area contributed by atoms with Crippen molar-refractivity contribution in [3.63, 3.8) is 0 Å². The average molecular weight is 309 g/mol. The van der Waals surface area contributed by atoms with E-state index in [4.69, 9.17) is 4.74 Å². The third-order valence-corrected chi connectivity index (χ3v) is 2.99. The molecule has 6 heteroatoms. The molecule has 0 N–H and O–H groups in total. The van der Waals surface area contributed by atoms with Crippen LogP contribution in [-0.4, -0.2) is 17.0 Å². The van der Waals surface area contributed by atoms with Gasteiger partial charge in [-0.2, -0.15) is 0 Å². The minimum Gasteiger partial charge on any atom is -0.497 e. The van der Waals surface area contributed by atoms with Crippen molar-refractivity contribution in [1.82, 2.24) is 4.98 Å². The number of hydrogen-bond donors (Lipinski definition) is 0. The van der Waals surface area contributed by atoms with E-state index in [0.717, 1.165) is 5.56 Å². The Balaban J connectivity index is 2.47. The van der Waals surface area contributed by atoms with E-state index in [1.807, 2.05) is 24.3 Å². The van der Waals surface area contributed by atoms with Crippen molar-refractivity contribution in [2.75, 3.05) is 7.11 Å². The summed E-state index contributed by atoms with van der Waals surface area (Å²) < 4.78 is 5.70. The molecule has 2 rings (SSSR count). The second-order valence-electron chi connectivity index (χ2n) is 3.51. The molecule has 18 heavy (non-hydrogen) atoms. The van der Waals surface area contributed by atoms with Crippen LogP contribution in [0.3, 0.4) is 0 Å². The zero-order chi connectivity index (χ0) is 13.1. The number of halogens is 1. The number of hydrogen-bond acceptors (Lipinski definition) is 4. The van der Waals surface area contributed by atoms with E-state index in [0.29, 0.717) is 15.9 Å². The zero-order valence-electron chi connectivity index (χ0n) is 9.46. The summed E-state index contributed by atoms with van der Waals surface area (Å²) in [4.78, 5) is 14.2. The number of ether oxygens (including phenoxy) is 1. The quantitative estimate of drug-likeness (QED) is 0.643. The van der Waals surface area contributed by atoms with Crippen LogP contribution in [0.1, 0.15) is 0 Å². The molecule has 0 aliphatic rings. The highest BCUT2D eigenvalue weighted by molar-refractivity contribution is 9.10. The molecule has 0 bridgehead atoms. The van der Waals surface area contributed by atoms with Crippen molar-refractivity contribution < 1.29 is 9.66 Å². The van der Waals surface area contributed by atoms with Crippen LogP contribution in [0.4, 0.5) is 5.69 Å². The first kappa shape index (κ1) is 12.5. The lowest BCUT2D eigenvalue weighted by Crippen LogP contribution is -1.92. The standard InChI is InChI=1S/C12H9BrN2O3/c1-18-10-4-2-3-8(5-10)12-11(13)6-9(7-14-12)15(16)17/h2-7H,1H3. The van der Waals surface area contributed by atoms with E-state index in [-0.39, 0.29) is 5.69 Å². The Bertz CT molecular complexity index is 602. The van der Waals surface area contributed by atoms with Gasteiger partial charge in [-0.3, -0.25) is 10.1 Å². The number of aromatic nitrogens is 1. The largest absolute Gasteiger partial charge is 0.497 e. The van der Waals surface area contributed by atoms with Crippen LogP contribution in [0.15, 0.2) is 41.0 Å². The summed E-state index contributed by atoms with van der Waals surface area (Å²) in [5, 5.41) is 10.6. The van der Waals surface area contributed by atoms with Crippen LogP contribution >= 0.6 is 15.9 Å². The molecule has 0 saturated carbocycles. The summed E-state index contributed by atoms with van der Waals surface area (Å²) in [6.45, 7) is 0. The Labute approximate surface area is 112 Å². The summed E-state index contributed by atoms with van der Waals surface area (Å²) in [6, 6.07) is 8.77. The fourth-order valence-electron chi connectivity index (χ4n) is 1.51. The van der Waals surface area contributed by atoms with Crippen LogP contribution in [0.25, 0.3) is 11.3 Å². The summed E-state index contributed by atoms with van der Waals surface area (Å²) >= 11 is 3.29. The summed E-state index contributed by atoms with van der Waals surface area (Å²) in [5.74, 6) is 0.708. The van der Waals surface area contributed by atoms with Crippen molar-refractivity contribution in [2.24, 2.45) is 0 Å². The number of rotatable bonds is 3. The maximum absolute atomic E-state index is 10.6. The van der Waals surface area contributed by atoms with Gasteiger partial charge in [0.15, 0.2) is 0 Å². The fraction of sp³-hybridized carbons (Fsp3) is 0.0833. The van der Waals surface area contributed by atoms with Crippen molar-refractivity contribution in [2.45, 2.75) is 0 Å². The molecule has 92 valence electrons. The Kier molecular flexibility index (Phi) is 3.57. The SMILES string of the molecule is COc1cccc(-c2ncc([N+](=O)[O-])cc2Br)c1. The number of methoxy groups -OCH3 is 1. The van der Waals surface area contributed by atoms with Gasteiger partial charge in [0, 0.05) is 11.6 Å². The van der Waals surface area contributed by atoms with Gasteiger partial charge in [0.1, 0.15) is 11.9 Å². The Hall–Kier alpha value is -1.95. The number of pyridine rings is 1. The molecule has 1 aromatic carbocycles. The minimum atomic E-state index is -0.479. The lowest BCUT2D eigenvalue weighted by molar-refractivity contribution is -0.385. The topological polar surface area (TPSA) is 65.3 Å². The highest BCUT2D eigenvalue weighted by atomic mass is 79.9. The lowest BCUT2D eigenvalue weighted by Gasteiger charge is -2.05. The Morgan fingerprint density at radius 1 is 1.39 bits per heavy atom. The fourth-order valence-corrected chi connectivity index (χ4v) is 2.08. The first-order valence-electron chi connectivity index (χ1n) is 5.06. The number of benzene rings is 1. The Morgan fingerprint density at radius 3 is 2.78 bits per heavy atom. The molecule has 0 saturated heterocycles. The molecular weight excluding hydrogens is 300 g/mol. The second kappa shape index (κ2) is 5.14. The predicted molar refractivity (Wildman–Crippen MR) is 70.6 cm³/mol. The van der Waals surface area contributed by atoms with E-state index < -0.39 is 4.92 Å². The van der Waals surface area contributed by atoms with Crippen LogP contribution in [0, 0.1) is 10.1 Å². The van der Waals surface area contributed by atoms with Gasteiger partial charge < -0.3 is 4.74 Å². The molecule has 0 aliphatic carbocycles. The Morgan fingerprint density at radius 2 is 2.17 bits per heavy atom. The van der Waals surface area contributed by atoms with Gasteiger partial charge >= 0.3 is 0 Å². The molecule has 0 amide bonds. The van der Waals surface area contributed by atoms with Gasteiger partial charge in [0.2, 0.25) is 0 Å². The molecular formula is C12H9BrN2O3. The van der Waals surface area contributed by atoms with Crippen LogP contribution < -0.4 is 4.74 Å². The molecule has 2 aromatic rings. The summed E-state index contributed by atoms with van der Waals surface area (Å²) in [7, 11) is 1.58. The number of nitrogens with zero attached hydrogens (tertiary/aromatic N) is 2. The highest BCUT2D eigenvalue weighted by Gasteiger charge is 2.12. The van der Waals surface area contributed by atoms with E-state index in [9.17, 15) is 10.1 Å². The van der Waals surface area contributed by atoms with Gasteiger partial charge in [-0.15, -0.1) is 0 Å². The molecule has 1 aromatic heterocycles. The van der Waals surface area contributed by atoms with Crippen molar-refractivity contribution in [1.29, 1.82) is 0 Å². The lowest BCUT2D eigenvalue weighted by atomic mass is 10.1. The van der Waals surface area contributed by atoms with Crippen LogP contribution in [-0.2, 0) is 0 Å². The van der Waals surface area contributed by atoms with E-state index in [1.54, 1.807) is 7.11 Å². The maximum atomic E-state index is 10.6. The van der Waals surface area contributed by atoms with Crippen LogP contribution in [0.5, 0.6) is 5.75 Å². The zero-order valence-corrected chi connectivity index (χ0v) is 11.0. The molecule has 0 fully saturated rings. The van der Waals surface area contributed by atoms with Gasteiger partial charge in [-0.25, -0.2) is 4.98 Å². The predicted octanol–water partition coefficient (Wildman–Crippen LogP) is 3.43. The van der Waals surface area contributed by atoms with Gasteiger partial charge in [0.05, 0.1) is 22.2 Å². The average Bonchev–Trinajstić information content (AvgIpc) is 2.38. The molecule has 0 spiro atoms. The van der Waals surface area contributed by atoms with Crippen molar-refractivity contribution >= 4 is 21.6 Å².